The molecule has 23 heavy (non-hydrogen) atoms. The summed E-state index contributed by atoms with van der Waals surface area (Å²) in [5.74, 6) is -0.337. The lowest BCUT2D eigenvalue weighted by molar-refractivity contribution is -0.156. The lowest BCUT2D eigenvalue weighted by Gasteiger charge is -2.35. The number of amides is 2. The molecule has 6 heteroatoms. The number of ether oxygens (including phenoxy) is 1. The first kappa shape index (κ1) is 17.1. The van der Waals surface area contributed by atoms with Crippen LogP contribution in [0.1, 0.15) is 38.5 Å². The van der Waals surface area contributed by atoms with Gasteiger partial charge in [-0.3, -0.25) is 0 Å². The summed E-state index contributed by atoms with van der Waals surface area (Å²) in [7, 11) is 0. The Morgan fingerprint density at radius 3 is 2.43 bits per heavy atom. The molecular weight excluding hydrogens is 296 g/mol. The first-order chi connectivity index (χ1) is 11.0. The van der Waals surface area contributed by atoms with Crippen molar-refractivity contribution < 1.29 is 19.4 Å². The topological polar surface area (TPSA) is 102 Å². The molecule has 0 aliphatic heterocycles. The summed E-state index contributed by atoms with van der Waals surface area (Å²) in [6.07, 6.45) is 5.74. The molecule has 1 aromatic rings. The fourth-order valence-electron chi connectivity index (χ4n) is 3.16. The Bertz CT molecular complexity index is 529. The molecule has 1 saturated carbocycles. The molecule has 1 aliphatic carbocycles. The minimum absolute atomic E-state index is 0.150. The van der Waals surface area contributed by atoms with Gasteiger partial charge in [-0.15, -0.1) is 0 Å². The van der Waals surface area contributed by atoms with Gasteiger partial charge in [0.25, 0.3) is 0 Å². The van der Waals surface area contributed by atoms with Crippen molar-refractivity contribution in [1.82, 2.24) is 5.32 Å². The molecule has 1 aliphatic rings. The number of rotatable bonds is 7. The summed E-state index contributed by atoms with van der Waals surface area (Å²) < 4.78 is 5.85. The van der Waals surface area contributed by atoms with E-state index >= 15 is 0 Å². The molecule has 126 valence electrons. The van der Waals surface area contributed by atoms with E-state index in [4.69, 9.17) is 10.5 Å². The predicted molar refractivity (Wildman–Crippen MR) is 86.2 cm³/mol. The van der Waals surface area contributed by atoms with Crippen LogP contribution >= 0.6 is 0 Å². The van der Waals surface area contributed by atoms with Crippen molar-refractivity contribution in [2.75, 3.05) is 6.54 Å². The zero-order valence-electron chi connectivity index (χ0n) is 13.2. The molecule has 0 heterocycles. The minimum Gasteiger partial charge on any atom is -0.478 e. The van der Waals surface area contributed by atoms with E-state index in [0.717, 1.165) is 25.7 Å². The Morgan fingerprint density at radius 1 is 1.22 bits per heavy atom. The van der Waals surface area contributed by atoms with Crippen molar-refractivity contribution in [3.05, 3.63) is 30.3 Å². The number of carbonyl (C=O) groups is 2. The maximum absolute atomic E-state index is 12.0. The highest BCUT2D eigenvalue weighted by atomic mass is 16.5. The van der Waals surface area contributed by atoms with Gasteiger partial charge in [0.1, 0.15) is 5.75 Å². The fraction of sp³-hybridized carbons (Fsp3) is 0.529. The number of hydrogen-bond donors (Lipinski definition) is 3. The Morgan fingerprint density at radius 2 is 1.87 bits per heavy atom. The number of nitrogens with one attached hydrogen (secondary N) is 1. The van der Waals surface area contributed by atoms with Gasteiger partial charge in [0.15, 0.2) is 0 Å². The number of hydrogen-bond acceptors (Lipinski definition) is 3. The first-order valence-corrected chi connectivity index (χ1v) is 8.02. The molecule has 4 N–H and O–H groups in total. The molecule has 1 unspecified atom stereocenters. The minimum atomic E-state index is -1.50. The van der Waals surface area contributed by atoms with E-state index in [9.17, 15) is 14.7 Å². The molecule has 2 amide bonds. The average molecular weight is 320 g/mol. The van der Waals surface area contributed by atoms with Crippen LogP contribution in [-0.4, -0.2) is 29.3 Å². The quantitative estimate of drug-likeness (QED) is 0.718. The van der Waals surface area contributed by atoms with Crippen LogP contribution in [0.15, 0.2) is 30.3 Å². The summed E-state index contributed by atoms with van der Waals surface area (Å²) in [5.41, 5.74) is 3.63. The van der Waals surface area contributed by atoms with Crippen molar-refractivity contribution in [3.8, 4) is 5.75 Å². The van der Waals surface area contributed by atoms with Gasteiger partial charge in [-0.25, -0.2) is 9.59 Å². The third kappa shape index (κ3) is 4.87. The van der Waals surface area contributed by atoms with Crippen molar-refractivity contribution >= 4 is 12.0 Å². The highest BCUT2D eigenvalue weighted by Crippen LogP contribution is 2.33. The molecule has 1 fully saturated rings. The Balaban J connectivity index is 2.21. The van der Waals surface area contributed by atoms with Crippen LogP contribution in [0.3, 0.4) is 0 Å². The lowest BCUT2D eigenvalue weighted by atomic mass is 9.80. The van der Waals surface area contributed by atoms with Gasteiger partial charge in [0, 0.05) is 6.42 Å². The number of carboxylic acid groups (broad SMARTS) is 1. The van der Waals surface area contributed by atoms with Crippen molar-refractivity contribution in [2.45, 2.75) is 44.1 Å². The summed E-state index contributed by atoms with van der Waals surface area (Å²) in [6.45, 7) is -0.150. The predicted octanol–water partition coefficient (Wildman–Crippen LogP) is 2.53. The van der Waals surface area contributed by atoms with Gasteiger partial charge in [-0.05, 0) is 18.1 Å². The summed E-state index contributed by atoms with van der Waals surface area (Å²) in [5, 5.41) is 12.2. The van der Waals surface area contributed by atoms with Crippen molar-refractivity contribution in [3.63, 3.8) is 0 Å². The Kier molecular flexibility index (Phi) is 5.84. The third-order valence-corrected chi connectivity index (χ3v) is 4.34. The summed E-state index contributed by atoms with van der Waals surface area (Å²) in [6, 6.07) is 8.06. The highest BCUT2D eigenvalue weighted by Gasteiger charge is 2.43. The maximum atomic E-state index is 12.0. The van der Waals surface area contributed by atoms with Gasteiger partial charge in [0.05, 0.1) is 6.54 Å². The molecule has 0 bridgehead atoms. The highest BCUT2D eigenvalue weighted by molar-refractivity contribution is 5.80. The van der Waals surface area contributed by atoms with E-state index in [1.54, 1.807) is 24.3 Å². The van der Waals surface area contributed by atoms with Crippen molar-refractivity contribution in [2.24, 2.45) is 11.7 Å². The standard InChI is InChI=1S/C17H24N2O4/c18-16(22)19-12-17(15(20)21,11-13-7-3-1-4-8-13)23-14-9-5-2-6-10-14/h2,5-6,9-10,13H,1,3-4,7-8,11-12H2,(H,20,21)(H3,18,19,22). The molecule has 1 atom stereocenters. The number of aliphatic carboxylic acids is 1. The third-order valence-electron chi connectivity index (χ3n) is 4.34. The Hall–Kier alpha value is -2.24. The summed E-state index contributed by atoms with van der Waals surface area (Å²) >= 11 is 0. The number of urea groups is 1. The number of benzene rings is 1. The smallest absolute Gasteiger partial charge is 0.349 e. The number of primary amides is 1. The number of nitrogens with two attached hydrogens (primary N) is 1. The van der Waals surface area contributed by atoms with Gasteiger partial charge in [-0.1, -0.05) is 50.3 Å². The van der Waals surface area contributed by atoms with E-state index < -0.39 is 17.6 Å². The van der Waals surface area contributed by atoms with Crippen LogP contribution in [-0.2, 0) is 4.79 Å². The average Bonchev–Trinajstić information content (AvgIpc) is 2.54. The van der Waals surface area contributed by atoms with Gasteiger partial charge >= 0.3 is 12.0 Å². The molecule has 1 aromatic carbocycles. The molecule has 2 rings (SSSR count). The van der Waals surface area contributed by atoms with Crippen LogP contribution in [0.25, 0.3) is 0 Å². The zero-order valence-corrected chi connectivity index (χ0v) is 13.2. The van der Waals surface area contributed by atoms with Crippen LogP contribution < -0.4 is 15.8 Å². The van der Waals surface area contributed by atoms with Crippen LogP contribution in [0.5, 0.6) is 5.75 Å². The van der Waals surface area contributed by atoms with E-state index in [1.807, 2.05) is 6.07 Å². The Labute approximate surface area is 136 Å². The summed E-state index contributed by atoms with van der Waals surface area (Å²) in [4.78, 5) is 23.1. The molecule has 0 aromatic heterocycles. The van der Waals surface area contributed by atoms with E-state index in [1.165, 1.54) is 6.42 Å². The van der Waals surface area contributed by atoms with E-state index in [0.29, 0.717) is 12.2 Å². The van der Waals surface area contributed by atoms with Crippen molar-refractivity contribution in [1.29, 1.82) is 0 Å². The largest absolute Gasteiger partial charge is 0.478 e. The molecule has 0 spiro atoms. The maximum Gasteiger partial charge on any atom is 0.349 e. The monoisotopic (exact) mass is 320 g/mol. The van der Waals surface area contributed by atoms with E-state index in [-0.39, 0.29) is 12.5 Å². The van der Waals surface area contributed by atoms with Crippen LogP contribution in [0, 0.1) is 5.92 Å². The van der Waals surface area contributed by atoms with Gasteiger partial charge in [0.2, 0.25) is 5.60 Å². The second-order valence-electron chi connectivity index (χ2n) is 6.14. The number of para-hydroxylation sites is 1. The molecule has 6 nitrogen and oxygen atoms in total. The molecular formula is C17H24N2O4. The molecule has 0 saturated heterocycles. The van der Waals surface area contributed by atoms with Crippen LogP contribution in [0.2, 0.25) is 0 Å². The second-order valence-corrected chi connectivity index (χ2v) is 6.14. The molecule has 0 radical (unpaired) electrons. The fourth-order valence-corrected chi connectivity index (χ4v) is 3.16. The lowest BCUT2D eigenvalue weighted by Crippen LogP contribution is -2.55. The van der Waals surface area contributed by atoms with Crippen LogP contribution in [0.4, 0.5) is 4.79 Å². The van der Waals surface area contributed by atoms with E-state index in [2.05, 4.69) is 5.32 Å². The SMILES string of the molecule is NC(=O)NCC(CC1CCCCC1)(Oc1ccccc1)C(=O)O. The second kappa shape index (κ2) is 7.85. The normalized spacial score (nSPS) is 17.9. The van der Waals surface area contributed by atoms with Gasteiger partial charge in [-0.2, -0.15) is 0 Å². The number of carboxylic acids is 1. The van der Waals surface area contributed by atoms with Gasteiger partial charge < -0.3 is 20.9 Å². The zero-order chi connectivity index (χ0) is 16.7. The first-order valence-electron chi connectivity index (χ1n) is 8.02. The number of carbonyl (C=O) groups excluding carboxylic acids is 1.